The second kappa shape index (κ2) is 5.04. The Balaban J connectivity index is 2.36. The third-order valence-electron chi connectivity index (χ3n) is 2.06. The Morgan fingerprint density at radius 1 is 1.41 bits per heavy atom. The Hall–Kier alpha value is -1.10. The minimum Gasteiger partial charge on any atom is -0.481 e. The van der Waals surface area contributed by atoms with Gasteiger partial charge in [0.25, 0.3) is 0 Å². The first-order chi connectivity index (χ1) is 8.06. The largest absolute Gasteiger partial charge is 0.481 e. The second-order valence-corrected chi connectivity index (χ2v) is 5.11. The van der Waals surface area contributed by atoms with E-state index >= 15 is 0 Å². The number of aromatic nitrogens is 1. The van der Waals surface area contributed by atoms with Gasteiger partial charge in [-0.1, -0.05) is 23.2 Å². The molecule has 0 saturated heterocycles. The zero-order valence-corrected chi connectivity index (χ0v) is 10.8. The van der Waals surface area contributed by atoms with E-state index in [-0.39, 0.29) is 6.42 Å². The zero-order chi connectivity index (χ0) is 12.4. The number of thiazole rings is 1. The first kappa shape index (κ1) is 12.4. The van der Waals surface area contributed by atoms with Gasteiger partial charge in [-0.3, -0.25) is 4.79 Å². The molecule has 0 aliphatic carbocycles. The van der Waals surface area contributed by atoms with Crippen molar-refractivity contribution in [3.8, 4) is 11.3 Å². The predicted molar refractivity (Wildman–Crippen MR) is 68.9 cm³/mol. The van der Waals surface area contributed by atoms with Gasteiger partial charge in [-0.15, -0.1) is 11.3 Å². The molecule has 88 valence electrons. The van der Waals surface area contributed by atoms with Gasteiger partial charge in [0.2, 0.25) is 0 Å². The summed E-state index contributed by atoms with van der Waals surface area (Å²) < 4.78 is 0. The number of aliphatic carboxylic acids is 1. The van der Waals surface area contributed by atoms with Crippen LogP contribution >= 0.6 is 34.5 Å². The van der Waals surface area contributed by atoms with E-state index in [1.165, 1.54) is 11.3 Å². The summed E-state index contributed by atoms with van der Waals surface area (Å²) in [6.07, 6.45) is -0.0805. The van der Waals surface area contributed by atoms with E-state index < -0.39 is 5.97 Å². The molecule has 0 saturated carbocycles. The average molecular weight is 288 g/mol. The smallest absolute Gasteiger partial charge is 0.310 e. The number of carboxylic acid groups (broad SMARTS) is 1. The van der Waals surface area contributed by atoms with Gasteiger partial charge in [0.05, 0.1) is 17.1 Å². The molecule has 1 N–H and O–H groups in total. The minimum atomic E-state index is -0.900. The van der Waals surface area contributed by atoms with Gasteiger partial charge in [0, 0.05) is 16.0 Å². The standard InChI is InChI=1S/C11H7Cl2NO2S/c12-6-1-2-8(13)7(3-6)9-5-17-10(14-9)4-11(15)16/h1-3,5H,4H2,(H,15,16). The van der Waals surface area contributed by atoms with Crippen LogP contribution in [0.15, 0.2) is 23.6 Å². The van der Waals surface area contributed by atoms with E-state index in [1.54, 1.807) is 23.6 Å². The van der Waals surface area contributed by atoms with Crippen molar-refractivity contribution in [2.24, 2.45) is 0 Å². The molecule has 0 fully saturated rings. The number of rotatable bonds is 3. The van der Waals surface area contributed by atoms with Crippen molar-refractivity contribution in [1.29, 1.82) is 0 Å². The Bertz CT molecular complexity index is 568. The van der Waals surface area contributed by atoms with Crippen molar-refractivity contribution in [3.63, 3.8) is 0 Å². The molecule has 1 aromatic carbocycles. The maximum atomic E-state index is 10.6. The summed E-state index contributed by atoms with van der Waals surface area (Å²) >= 11 is 13.2. The van der Waals surface area contributed by atoms with Crippen LogP contribution in [0.2, 0.25) is 10.0 Å². The van der Waals surface area contributed by atoms with Gasteiger partial charge < -0.3 is 5.11 Å². The number of halogens is 2. The molecule has 0 aliphatic heterocycles. The van der Waals surface area contributed by atoms with Crippen molar-refractivity contribution in [2.75, 3.05) is 0 Å². The molecule has 0 unspecified atom stereocenters. The molecular formula is C11H7Cl2NO2S. The summed E-state index contributed by atoms with van der Waals surface area (Å²) in [5, 5.41) is 12.1. The molecule has 0 aliphatic rings. The van der Waals surface area contributed by atoms with Crippen LogP contribution < -0.4 is 0 Å². The molecule has 0 spiro atoms. The summed E-state index contributed by atoms with van der Waals surface area (Å²) in [4.78, 5) is 14.8. The van der Waals surface area contributed by atoms with Gasteiger partial charge in [-0.25, -0.2) is 4.98 Å². The number of benzene rings is 1. The molecule has 6 heteroatoms. The van der Waals surface area contributed by atoms with Gasteiger partial charge in [0.15, 0.2) is 0 Å². The molecular weight excluding hydrogens is 281 g/mol. The molecule has 0 bridgehead atoms. The van der Waals surface area contributed by atoms with Crippen molar-refractivity contribution >= 4 is 40.5 Å². The molecule has 3 nitrogen and oxygen atoms in total. The molecule has 1 aromatic heterocycles. The highest BCUT2D eigenvalue weighted by Crippen LogP contribution is 2.31. The Labute approximate surface area is 112 Å². The first-order valence-corrected chi connectivity index (χ1v) is 6.31. The van der Waals surface area contributed by atoms with Crippen LogP contribution in [-0.4, -0.2) is 16.1 Å². The fourth-order valence-corrected chi connectivity index (χ4v) is 2.51. The Morgan fingerprint density at radius 2 is 2.18 bits per heavy atom. The monoisotopic (exact) mass is 287 g/mol. The van der Waals surface area contributed by atoms with E-state index in [4.69, 9.17) is 28.3 Å². The lowest BCUT2D eigenvalue weighted by molar-refractivity contribution is -0.136. The van der Waals surface area contributed by atoms with Crippen molar-refractivity contribution < 1.29 is 9.90 Å². The first-order valence-electron chi connectivity index (χ1n) is 4.68. The number of carboxylic acids is 1. The molecule has 17 heavy (non-hydrogen) atoms. The SMILES string of the molecule is O=C(O)Cc1nc(-c2cc(Cl)ccc2Cl)cs1. The lowest BCUT2D eigenvalue weighted by Crippen LogP contribution is -1.99. The lowest BCUT2D eigenvalue weighted by atomic mass is 10.2. The number of hydrogen-bond donors (Lipinski definition) is 1. The zero-order valence-electron chi connectivity index (χ0n) is 8.48. The van der Waals surface area contributed by atoms with E-state index in [9.17, 15) is 4.79 Å². The molecule has 0 amide bonds. The molecule has 2 aromatic rings. The average Bonchev–Trinajstić information content (AvgIpc) is 2.69. The number of nitrogens with zero attached hydrogens (tertiary/aromatic N) is 1. The van der Waals surface area contributed by atoms with Crippen LogP contribution in [0.5, 0.6) is 0 Å². The van der Waals surface area contributed by atoms with E-state index in [2.05, 4.69) is 4.98 Å². The van der Waals surface area contributed by atoms with Crippen LogP contribution in [0.25, 0.3) is 11.3 Å². The summed E-state index contributed by atoms with van der Waals surface area (Å²) in [6, 6.07) is 5.09. The lowest BCUT2D eigenvalue weighted by Gasteiger charge is -2.00. The third kappa shape index (κ3) is 2.97. The van der Waals surface area contributed by atoms with Gasteiger partial charge in [-0.05, 0) is 18.2 Å². The van der Waals surface area contributed by atoms with Crippen molar-refractivity contribution in [2.45, 2.75) is 6.42 Å². The van der Waals surface area contributed by atoms with E-state index in [0.29, 0.717) is 26.3 Å². The van der Waals surface area contributed by atoms with Crippen molar-refractivity contribution in [1.82, 2.24) is 4.98 Å². The minimum absolute atomic E-state index is 0.0805. The van der Waals surface area contributed by atoms with Crippen LogP contribution in [-0.2, 0) is 11.2 Å². The van der Waals surface area contributed by atoms with Gasteiger partial charge in [-0.2, -0.15) is 0 Å². The van der Waals surface area contributed by atoms with Crippen molar-refractivity contribution in [3.05, 3.63) is 38.6 Å². The highest BCUT2D eigenvalue weighted by Gasteiger charge is 2.10. The number of carbonyl (C=O) groups is 1. The third-order valence-corrected chi connectivity index (χ3v) is 3.47. The summed E-state index contributed by atoms with van der Waals surface area (Å²) in [6.45, 7) is 0. The van der Waals surface area contributed by atoms with Crippen LogP contribution in [0.3, 0.4) is 0 Å². The summed E-state index contributed by atoms with van der Waals surface area (Å²) in [7, 11) is 0. The molecule has 0 radical (unpaired) electrons. The quantitative estimate of drug-likeness (QED) is 0.935. The second-order valence-electron chi connectivity index (χ2n) is 3.32. The van der Waals surface area contributed by atoms with Gasteiger partial charge in [0.1, 0.15) is 5.01 Å². The van der Waals surface area contributed by atoms with E-state index in [0.717, 1.165) is 0 Å². The van der Waals surface area contributed by atoms with Crippen LogP contribution in [0.1, 0.15) is 5.01 Å². The molecule has 0 atom stereocenters. The Kier molecular flexibility index (Phi) is 3.66. The molecule has 1 heterocycles. The highest BCUT2D eigenvalue weighted by molar-refractivity contribution is 7.10. The Morgan fingerprint density at radius 3 is 2.88 bits per heavy atom. The normalized spacial score (nSPS) is 10.5. The van der Waals surface area contributed by atoms with Gasteiger partial charge >= 0.3 is 5.97 Å². The topological polar surface area (TPSA) is 50.2 Å². The number of hydrogen-bond acceptors (Lipinski definition) is 3. The molecule has 2 rings (SSSR count). The summed E-state index contributed by atoms with van der Waals surface area (Å²) in [5.74, 6) is -0.900. The maximum absolute atomic E-state index is 10.6. The predicted octanol–water partition coefficient (Wildman–Crippen LogP) is 3.74. The van der Waals surface area contributed by atoms with E-state index in [1.807, 2.05) is 0 Å². The fourth-order valence-electron chi connectivity index (χ4n) is 1.34. The van der Waals surface area contributed by atoms with Crippen LogP contribution in [0.4, 0.5) is 0 Å². The van der Waals surface area contributed by atoms with Crippen LogP contribution in [0, 0.1) is 0 Å². The fraction of sp³-hybridized carbons (Fsp3) is 0.0909. The highest BCUT2D eigenvalue weighted by atomic mass is 35.5. The maximum Gasteiger partial charge on any atom is 0.310 e. The summed E-state index contributed by atoms with van der Waals surface area (Å²) in [5.41, 5.74) is 1.37.